The summed E-state index contributed by atoms with van der Waals surface area (Å²) in [6.45, 7) is 9.88. The lowest BCUT2D eigenvalue weighted by atomic mass is 10.1. The van der Waals surface area contributed by atoms with Crippen molar-refractivity contribution in [2.45, 2.75) is 37.6 Å². The first-order chi connectivity index (χ1) is 8.58. The fourth-order valence-electron chi connectivity index (χ4n) is 1.56. The van der Waals surface area contributed by atoms with Crippen molar-refractivity contribution in [3.63, 3.8) is 0 Å². The van der Waals surface area contributed by atoms with Crippen molar-refractivity contribution >= 4 is 11.8 Å². The number of thioether (sulfide) groups is 1. The van der Waals surface area contributed by atoms with E-state index in [9.17, 15) is 0 Å². The van der Waals surface area contributed by atoms with E-state index < -0.39 is 0 Å². The maximum absolute atomic E-state index is 3.49. The third-order valence-corrected chi connectivity index (χ3v) is 3.49. The Bertz CT molecular complexity index is 306. The van der Waals surface area contributed by atoms with Crippen molar-refractivity contribution in [3.8, 4) is 0 Å². The summed E-state index contributed by atoms with van der Waals surface area (Å²) in [6.07, 6.45) is 1.19. The number of hydrogen-bond donors (Lipinski definition) is 2. The molecule has 2 N–H and O–H groups in total. The standard InChI is InChI=1S/C15H26N2S/c1-15(2,3)17-11-7-10-16-12-13-18-14-8-5-4-6-9-14/h4-6,8-9,16-17H,7,10-13H2,1-3H3. The molecule has 0 amide bonds. The molecule has 0 bridgehead atoms. The van der Waals surface area contributed by atoms with Crippen LogP contribution in [0, 0.1) is 0 Å². The van der Waals surface area contributed by atoms with E-state index in [1.807, 2.05) is 11.8 Å². The zero-order valence-corrected chi connectivity index (χ0v) is 12.6. The van der Waals surface area contributed by atoms with Crippen molar-refractivity contribution in [1.82, 2.24) is 10.6 Å². The lowest BCUT2D eigenvalue weighted by Crippen LogP contribution is -2.37. The highest BCUT2D eigenvalue weighted by molar-refractivity contribution is 7.99. The van der Waals surface area contributed by atoms with Crippen molar-refractivity contribution in [1.29, 1.82) is 0 Å². The first-order valence-electron chi connectivity index (χ1n) is 6.71. The number of benzene rings is 1. The Morgan fingerprint density at radius 3 is 2.39 bits per heavy atom. The van der Waals surface area contributed by atoms with Crippen LogP contribution in [0.2, 0.25) is 0 Å². The van der Waals surface area contributed by atoms with Crippen molar-refractivity contribution in [2.24, 2.45) is 0 Å². The largest absolute Gasteiger partial charge is 0.316 e. The van der Waals surface area contributed by atoms with Crippen LogP contribution in [0.3, 0.4) is 0 Å². The van der Waals surface area contributed by atoms with E-state index in [-0.39, 0.29) is 5.54 Å². The molecule has 0 aliphatic carbocycles. The topological polar surface area (TPSA) is 24.1 Å². The summed E-state index contributed by atoms with van der Waals surface area (Å²) in [4.78, 5) is 1.36. The van der Waals surface area contributed by atoms with Gasteiger partial charge in [0.2, 0.25) is 0 Å². The Hall–Kier alpha value is -0.510. The Kier molecular flexibility index (Phi) is 7.40. The van der Waals surface area contributed by atoms with Gasteiger partial charge in [0.25, 0.3) is 0 Å². The predicted molar refractivity (Wildman–Crippen MR) is 82.4 cm³/mol. The molecule has 1 aromatic rings. The van der Waals surface area contributed by atoms with E-state index in [0.717, 1.165) is 25.4 Å². The molecule has 0 heterocycles. The van der Waals surface area contributed by atoms with E-state index in [2.05, 4.69) is 61.7 Å². The highest BCUT2D eigenvalue weighted by Crippen LogP contribution is 2.15. The molecule has 2 nitrogen and oxygen atoms in total. The zero-order chi connectivity index (χ0) is 13.3. The molecule has 0 radical (unpaired) electrons. The summed E-state index contributed by atoms with van der Waals surface area (Å²) < 4.78 is 0. The van der Waals surface area contributed by atoms with E-state index in [1.165, 1.54) is 11.3 Å². The number of rotatable bonds is 8. The minimum absolute atomic E-state index is 0.239. The van der Waals surface area contributed by atoms with Gasteiger partial charge < -0.3 is 10.6 Å². The van der Waals surface area contributed by atoms with Crippen molar-refractivity contribution in [3.05, 3.63) is 30.3 Å². The van der Waals surface area contributed by atoms with E-state index >= 15 is 0 Å². The monoisotopic (exact) mass is 266 g/mol. The second-order valence-corrected chi connectivity index (χ2v) is 6.61. The van der Waals surface area contributed by atoms with Gasteiger partial charge in [-0.15, -0.1) is 11.8 Å². The van der Waals surface area contributed by atoms with E-state index in [1.54, 1.807) is 0 Å². The van der Waals surface area contributed by atoms with Gasteiger partial charge in [-0.05, 0) is 52.4 Å². The minimum Gasteiger partial charge on any atom is -0.316 e. The van der Waals surface area contributed by atoms with Crippen LogP contribution in [0.4, 0.5) is 0 Å². The molecule has 0 fully saturated rings. The molecule has 0 saturated carbocycles. The van der Waals surface area contributed by atoms with Crippen molar-refractivity contribution < 1.29 is 0 Å². The average molecular weight is 266 g/mol. The normalized spacial score (nSPS) is 11.7. The molecule has 0 spiro atoms. The molecule has 0 atom stereocenters. The molecule has 18 heavy (non-hydrogen) atoms. The van der Waals surface area contributed by atoms with Gasteiger partial charge in [0.15, 0.2) is 0 Å². The summed E-state index contributed by atoms with van der Waals surface area (Å²) in [6, 6.07) is 10.6. The van der Waals surface area contributed by atoms with Gasteiger partial charge in [-0.3, -0.25) is 0 Å². The molecule has 0 aliphatic heterocycles. The number of hydrogen-bond acceptors (Lipinski definition) is 3. The third kappa shape index (κ3) is 8.56. The lowest BCUT2D eigenvalue weighted by Gasteiger charge is -2.20. The van der Waals surface area contributed by atoms with Crippen LogP contribution >= 0.6 is 11.8 Å². The highest BCUT2D eigenvalue weighted by Gasteiger charge is 2.06. The fraction of sp³-hybridized carbons (Fsp3) is 0.600. The number of nitrogens with one attached hydrogen (secondary N) is 2. The van der Waals surface area contributed by atoms with Gasteiger partial charge in [-0.25, -0.2) is 0 Å². The minimum atomic E-state index is 0.239. The van der Waals surface area contributed by atoms with Gasteiger partial charge in [0.1, 0.15) is 0 Å². The SMILES string of the molecule is CC(C)(C)NCCCNCCSc1ccccc1. The second kappa shape index (κ2) is 8.57. The van der Waals surface area contributed by atoms with Crippen LogP contribution in [-0.2, 0) is 0 Å². The molecule has 3 heteroatoms. The molecule has 102 valence electrons. The van der Waals surface area contributed by atoms with Gasteiger partial charge in [0, 0.05) is 22.7 Å². The summed E-state index contributed by atoms with van der Waals surface area (Å²) in [5.74, 6) is 1.14. The predicted octanol–water partition coefficient (Wildman–Crippen LogP) is 3.15. The first-order valence-corrected chi connectivity index (χ1v) is 7.70. The van der Waals surface area contributed by atoms with E-state index in [0.29, 0.717) is 0 Å². The Labute approximate surface area is 116 Å². The van der Waals surface area contributed by atoms with Gasteiger partial charge >= 0.3 is 0 Å². The molecular weight excluding hydrogens is 240 g/mol. The molecule has 0 unspecified atom stereocenters. The lowest BCUT2D eigenvalue weighted by molar-refractivity contribution is 0.419. The summed E-state index contributed by atoms with van der Waals surface area (Å²) >= 11 is 1.91. The van der Waals surface area contributed by atoms with Crippen LogP contribution in [0.5, 0.6) is 0 Å². The summed E-state index contributed by atoms with van der Waals surface area (Å²) in [5, 5.41) is 6.97. The highest BCUT2D eigenvalue weighted by atomic mass is 32.2. The Morgan fingerprint density at radius 1 is 1.00 bits per heavy atom. The first kappa shape index (κ1) is 15.5. The molecule has 0 saturated heterocycles. The average Bonchev–Trinajstić information content (AvgIpc) is 2.32. The Balaban J connectivity index is 1.90. The second-order valence-electron chi connectivity index (χ2n) is 5.44. The van der Waals surface area contributed by atoms with Crippen LogP contribution in [0.15, 0.2) is 35.2 Å². The van der Waals surface area contributed by atoms with Gasteiger partial charge in [-0.2, -0.15) is 0 Å². The Morgan fingerprint density at radius 2 is 1.72 bits per heavy atom. The third-order valence-electron chi connectivity index (χ3n) is 2.48. The van der Waals surface area contributed by atoms with Crippen LogP contribution in [-0.4, -0.2) is 30.9 Å². The molecule has 0 aliphatic rings. The zero-order valence-electron chi connectivity index (χ0n) is 11.8. The maximum atomic E-state index is 3.49. The quantitative estimate of drug-likeness (QED) is 0.558. The van der Waals surface area contributed by atoms with Crippen molar-refractivity contribution in [2.75, 3.05) is 25.4 Å². The van der Waals surface area contributed by atoms with Crippen LogP contribution < -0.4 is 10.6 Å². The summed E-state index contributed by atoms with van der Waals surface area (Å²) in [5.41, 5.74) is 0.239. The smallest absolute Gasteiger partial charge is 0.0106 e. The van der Waals surface area contributed by atoms with Crippen LogP contribution in [0.25, 0.3) is 0 Å². The van der Waals surface area contributed by atoms with Gasteiger partial charge in [0.05, 0.1) is 0 Å². The van der Waals surface area contributed by atoms with Gasteiger partial charge in [-0.1, -0.05) is 18.2 Å². The maximum Gasteiger partial charge on any atom is 0.0106 e. The molecule has 0 aromatic heterocycles. The molecule has 1 rings (SSSR count). The molecular formula is C15H26N2S. The van der Waals surface area contributed by atoms with Crippen LogP contribution in [0.1, 0.15) is 27.2 Å². The summed E-state index contributed by atoms with van der Waals surface area (Å²) in [7, 11) is 0. The fourth-order valence-corrected chi connectivity index (χ4v) is 2.39. The molecule has 1 aromatic carbocycles. The van der Waals surface area contributed by atoms with E-state index in [4.69, 9.17) is 0 Å².